The van der Waals surface area contributed by atoms with Crippen molar-refractivity contribution < 1.29 is 18.6 Å². The first-order valence-corrected chi connectivity index (χ1v) is 6.04. The van der Waals surface area contributed by atoms with Crippen LogP contribution in [0.15, 0.2) is 18.2 Å². The predicted molar refractivity (Wildman–Crippen MR) is 63.2 cm³/mol. The summed E-state index contributed by atoms with van der Waals surface area (Å²) in [5, 5.41) is 9.22. The van der Waals surface area contributed by atoms with E-state index in [2.05, 4.69) is 0 Å². The summed E-state index contributed by atoms with van der Waals surface area (Å²) in [5.74, 6) is -1.53. The number of benzene rings is 1. The highest BCUT2D eigenvalue weighted by atomic mass is 19.2. The van der Waals surface area contributed by atoms with Crippen LogP contribution >= 0.6 is 0 Å². The van der Waals surface area contributed by atoms with Gasteiger partial charge in [0.15, 0.2) is 11.6 Å². The number of aliphatic hydroxyl groups excluding tert-OH is 1. The van der Waals surface area contributed by atoms with Crippen molar-refractivity contribution in [3.05, 3.63) is 29.8 Å². The quantitative estimate of drug-likeness (QED) is 0.870. The first-order chi connectivity index (χ1) is 8.52. The normalized spacial score (nSPS) is 28.1. The van der Waals surface area contributed by atoms with Gasteiger partial charge >= 0.3 is 0 Å². The molecule has 1 aliphatic carbocycles. The third-order valence-corrected chi connectivity index (χ3v) is 3.34. The second-order valence-electron chi connectivity index (χ2n) is 4.93. The Morgan fingerprint density at radius 2 is 2.17 bits per heavy atom. The van der Waals surface area contributed by atoms with Gasteiger partial charge in [0.2, 0.25) is 0 Å². The average molecular weight is 257 g/mol. The van der Waals surface area contributed by atoms with Gasteiger partial charge in [0.1, 0.15) is 11.9 Å². The molecule has 0 radical (unpaired) electrons. The third kappa shape index (κ3) is 2.97. The fourth-order valence-electron chi connectivity index (χ4n) is 2.33. The average Bonchev–Trinajstić information content (AvgIpc) is 2.34. The molecule has 1 aromatic rings. The Bertz CT molecular complexity index is 427. The minimum absolute atomic E-state index is 0.0926. The zero-order valence-corrected chi connectivity index (χ0v) is 10.0. The topological polar surface area (TPSA) is 55.5 Å². The molecule has 0 spiro atoms. The first-order valence-electron chi connectivity index (χ1n) is 6.04. The molecular weight excluding hydrogens is 240 g/mol. The molecule has 3 nitrogen and oxygen atoms in total. The van der Waals surface area contributed by atoms with Crippen LogP contribution in [0.4, 0.5) is 8.78 Å². The molecule has 1 saturated carbocycles. The Kier molecular flexibility index (Phi) is 3.82. The highest BCUT2D eigenvalue weighted by molar-refractivity contribution is 5.24. The van der Waals surface area contributed by atoms with E-state index in [1.165, 1.54) is 6.07 Å². The zero-order valence-electron chi connectivity index (χ0n) is 10.0. The SMILES string of the molecule is NC1(CO)CCCC(Oc2ccc(F)c(F)c2)C1. The number of aliphatic hydroxyl groups is 1. The van der Waals surface area contributed by atoms with Crippen LogP contribution in [0.3, 0.4) is 0 Å². The summed E-state index contributed by atoms with van der Waals surface area (Å²) in [6.07, 6.45) is 2.76. The van der Waals surface area contributed by atoms with E-state index in [1.807, 2.05) is 0 Å². The minimum Gasteiger partial charge on any atom is -0.490 e. The number of ether oxygens (including phenoxy) is 1. The summed E-state index contributed by atoms with van der Waals surface area (Å²) >= 11 is 0. The molecule has 1 aromatic carbocycles. The van der Waals surface area contributed by atoms with Gasteiger partial charge in [-0.3, -0.25) is 0 Å². The lowest BCUT2D eigenvalue weighted by Crippen LogP contribution is -2.50. The summed E-state index contributed by atoms with van der Waals surface area (Å²) in [4.78, 5) is 0. The molecule has 100 valence electrons. The summed E-state index contributed by atoms with van der Waals surface area (Å²) < 4.78 is 31.4. The molecule has 0 heterocycles. The largest absolute Gasteiger partial charge is 0.490 e. The van der Waals surface area contributed by atoms with Gasteiger partial charge in [-0.05, 0) is 31.4 Å². The van der Waals surface area contributed by atoms with E-state index in [4.69, 9.17) is 10.5 Å². The van der Waals surface area contributed by atoms with E-state index >= 15 is 0 Å². The zero-order chi connectivity index (χ0) is 13.2. The molecule has 1 fully saturated rings. The molecule has 2 unspecified atom stereocenters. The molecule has 0 bridgehead atoms. The lowest BCUT2D eigenvalue weighted by molar-refractivity contribution is 0.0726. The highest BCUT2D eigenvalue weighted by Gasteiger charge is 2.33. The second-order valence-corrected chi connectivity index (χ2v) is 4.93. The number of halogens is 2. The summed E-state index contributed by atoms with van der Waals surface area (Å²) in [6.45, 7) is -0.0926. The Balaban J connectivity index is 2.02. The fourth-order valence-corrected chi connectivity index (χ4v) is 2.33. The molecule has 5 heteroatoms. The molecule has 2 rings (SSSR count). The molecule has 18 heavy (non-hydrogen) atoms. The maximum absolute atomic E-state index is 13.0. The molecule has 0 aromatic heterocycles. The van der Waals surface area contributed by atoms with E-state index in [1.54, 1.807) is 0 Å². The molecule has 0 saturated heterocycles. The highest BCUT2D eigenvalue weighted by Crippen LogP contribution is 2.29. The van der Waals surface area contributed by atoms with Crippen molar-refractivity contribution in [2.24, 2.45) is 5.73 Å². The smallest absolute Gasteiger partial charge is 0.162 e. The van der Waals surface area contributed by atoms with Crippen LogP contribution in [0.1, 0.15) is 25.7 Å². The van der Waals surface area contributed by atoms with Gasteiger partial charge < -0.3 is 15.6 Å². The van der Waals surface area contributed by atoms with Crippen LogP contribution in [-0.2, 0) is 0 Å². The van der Waals surface area contributed by atoms with Crippen LogP contribution in [0.2, 0.25) is 0 Å². The lowest BCUT2D eigenvalue weighted by atomic mass is 9.81. The minimum atomic E-state index is -0.926. The van der Waals surface area contributed by atoms with E-state index in [0.29, 0.717) is 12.2 Å². The molecule has 0 amide bonds. The van der Waals surface area contributed by atoms with Crippen molar-refractivity contribution in [3.8, 4) is 5.75 Å². The standard InChI is InChI=1S/C13H17F2NO2/c14-11-4-3-9(6-12(11)15)18-10-2-1-5-13(16,7-10)8-17/h3-4,6,10,17H,1-2,5,7-8,16H2. The van der Waals surface area contributed by atoms with E-state index in [9.17, 15) is 13.9 Å². The second kappa shape index (κ2) is 5.20. The Morgan fingerprint density at radius 3 is 2.83 bits per heavy atom. The Hall–Kier alpha value is -1.20. The van der Waals surface area contributed by atoms with Crippen molar-refractivity contribution in [3.63, 3.8) is 0 Å². The lowest BCUT2D eigenvalue weighted by Gasteiger charge is -2.36. The van der Waals surface area contributed by atoms with Crippen molar-refractivity contribution in [2.45, 2.75) is 37.3 Å². The maximum atomic E-state index is 13.0. The van der Waals surface area contributed by atoms with E-state index in [-0.39, 0.29) is 12.7 Å². The van der Waals surface area contributed by atoms with Crippen LogP contribution in [0, 0.1) is 11.6 Å². The van der Waals surface area contributed by atoms with Gasteiger partial charge in [-0.2, -0.15) is 0 Å². The van der Waals surface area contributed by atoms with Crippen LogP contribution < -0.4 is 10.5 Å². The van der Waals surface area contributed by atoms with E-state index < -0.39 is 17.2 Å². The number of hydrogen-bond acceptors (Lipinski definition) is 3. The summed E-state index contributed by atoms with van der Waals surface area (Å²) in [5.41, 5.74) is 5.37. The van der Waals surface area contributed by atoms with Crippen LogP contribution in [0.25, 0.3) is 0 Å². The Labute approximate surface area is 105 Å². The summed E-state index contributed by atoms with van der Waals surface area (Å²) in [6, 6.07) is 3.46. The number of hydrogen-bond donors (Lipinski definition) is 2. The van der Waals surface area contributed by atoms with Crippen molar-refractivity contribution in [2.75, 3.05) is 6.61 Å². The molecule has 0 aliphatic heterocycles. The van der Waals surface area contributed by atoms with Gasteiger partial charge in [-0.1, -0.05) is 0 Å². The third-order valence-electron chi connectivity index (χ3n) is 3.34. The maximum Gasteiger partial charge on any atom is 0.162 e. The monoisotopic (exact) mass is 257 g/mol. The van der Waals surface area contributed by atoms with Crippen molar-refractivity contribution >= 4 is 0 Å². The van der Waals surface area contributed by atoms with Gasteiger partial charge in [-0.15, -0.1) is 0 Å². The predicted octanol–water partition coefficient (Wildman–Crippen LogP) is 1.98. The fraction of sp³-hybridized carbons (Fsp3) is 0.538. The molecule has 2 atom stereocenters. The molecule has 1 aliphatic rings. The number of rotatable bonds is 3. The Morgan fingerprint density at radius 1 is 1.39 bits per heavy atom. The van der Waals surface area contributed by atoms with Gasteiger partial charge in [0, 0.05) is 18.0 Å². The van der Waals surface area contributed by atoms with E-state index in [0.717, 1.165) is 31.4 Å². The molecule has 3 N–H and O–H groups in total. The van der Waals surface area contributed by atoms with Gasteiger partial charge in [0.25, 0.3) is 0 Å². The first kappa shape index (κ1) is 13.2. The van der Waals surface area contributed by atoms with Crippen LogP contribution in [-0.4, -0.2) is 23.4 Å². The summed E-state index contributed by atoms with van der Waals surface area (Å²) in [7, 11) is 0. The van der Waals surface area contributed by atoms with Crippen LogP contribution in [0.5, 0.6) is 5.75 Å². The molecular formula is C13H17F2NO2. The van der Waals surface area contributed by atoms with Crippen molar-refractivity contribution in [1.82, 2.24) is 0 Å². The van der Waals surface area contributed by atoms with Gasteiger partial charge in [-0.25, -0.2) is 8.78 Å². The number of nitrogens with two attached hydrogens (primary N) is 1. The van der Waals surface area contributed by atoms with Gasteiger partial charge in [0.05, 0.1) is 6.61 Å². The van der Waals surface area contributed by atoms with Crippen molar-refractivity contribution in [1.29, 1.82) is 0 Å².